The number of aliphatic imine (C=N–C) groups is 1. The van der Waals surface area contributed by atoms with Gasteiger partial charge in [0, 0.05) is 52.0 Å². The van der Waals surface area contributed by atoms with Crippen LogP contribution >= 0.6 is 0 Å². The number of hydrogen-bond donors (Lipinski definition) is 1. The number of nitrogens with zero attached hydrogens (tertiary/aromatic N) is 4. The van der Waals surface area contributed by atoms with E-state index in [4.69, 9.17) is 9.26 Å². The van der Waals surface area contributed by atoms with Crippen LogP contribution in [-0.2, 0) is 11.2 Å². The Kier molecular flexibility index (Phi) is 6.83. The molecule has 1 aromatic heterocycles. The van der Waals surface area contributed by atoms with E-state index in [0.29, 0.717) is 17.7 Å². The predicted octanol–water partition coefficient (Wildman–Crippen LogP) is 1.67. The highest BCUT2D eigenvalue weighted by Crippen LogP contribution is 2.13. The molecule has 2 rings (SSSR count). The Balaban J connectivity index is 1.68. The van der Waals surface area contributed by atoms with Crippen LogP contribution in [0.4, 0.5) is 0 Å². The Labute approximate surface area is 138 Å². The number of hydrogen-bond acceptors (Lipinski definition) is 5. The Morgan fingerprint density at radius 3 is 2.91 bits per heavy atom. The molecule has 1 unspecified atom stereocenters. The van der Waals surface area contributed by atoms with Crippen molar-refractivity contribution in [2.24, 2.45) is 10.9 Å². The molecule has 1 aliphatic rings. The van der Waals surface area contributed by atoms with E-state index in [0.717, 1.165) is 57.3 Å². The third-order valence-electron chi connectivity index (χ3n) is 3.98. The zero-order valence-corrected chi connectivity index (χ0v) is 14.7. The van der Waals surface area contributed by atoms with Crippen molar-refractivity contribution in [1.82, 2.24) is 20.4 Å². The molecule has 1 aliphatic heterocycles. The lowest BCUT2D eigenvalue weighted by Crippen LogP contribution is -2.41. The molecular weight excluding hydrogens is 294 g/mol. The second-order valence-corrected chi connectivity index (χ2v) is 6.39. The first-order valence-electron chi connectivity index (χ1n) is 8.42. The molecule has 0 saturated carbocycles. The SMILES string of the molecule is CN=C(NCCCc1nc(C(C)C)no1)N(C)CC1CCOC1. The van der Waals surface area contributed by atoms with Crippen LogP contribution in [0.2, 0.25) is 0 Å². The summed E-state index contributed by atoms with van der Waals surface area (Å²) >= 11 is 0. The molecule has 1 aromatic rings. The predicted molar refractivity (Wildman–Crippen MR) is 89.6 cm³/mol. The van der Waals surface area contributed by atoms with Crippen molar-refractivity contribution in [1.29, 1.82) is 0 Å². The lowest BCUT2D eigenvalue weighted by atomic mass is 10.1. The van der Waals surface area contributed by atoms with Gasteiger partial charge in [-0.25, -0.2) is 0 Å². The van der Waals surface area contributed by atoms with Crippen LogP contribution in [0.5, 0.6) is 0 Å². The van der Waals surface area contributed by atoms with Gasteiger partial charge in [-0.3, -0.25) is 4.99 Å². The van der Waals surface area contributed by atoms with E-state index < -0.39 is 0 Å². The number of guanidine groups is 1. The lowest BCUT2D eigenvalue weighted by molar-refractivity contribution is 0.181. The summed E-state index contributed by atoms with van der Waals surface area (Å²) in [5.41, 5.74) is 0. The van der Waals surface area contributed by atoms with E-state index in [1.165, 1.54) is 0 Å². The highest BCUT2D eigenvalue weighted by Gasteiger charge is 2.19. The minimum atomic E-state index is 0.303. The Hall–Kier alpha value is -1.63. The van der Waals surface area contributed by atoms with Crippen LogP contribution in [0.3, 0.4) is 0 Å². The van der Waals surface area contributed by atoms with E-state index in [-0.39, 0.29) is 0 Å². The Morgan fingerprint density at radius 1 is 1.48 bits per heavy atom. The fourth-order valence-corrected chi connectivity index (χ4v) is 2.63. The zero-order chi connectivity index (χ0) is 16.7. The van der Waals surface area contributed by atoms with E-state index in [1.807, 2.05) is 7.05 Å². The summed E-state index contributed by atoms with van der Waals surface area (Å²) in [6.07, 6.45) is 2.85. The van der Waals surface area contributed by atoms with Gasteiger partial charge in [0.2, 0.25) is 5.89 Å². The van der Waals surface area contributed by atoms with Crippen molar-refractivity contribution in [2.45, 2.75) is 39.0 Å². The van der Waals surface area contributed by atoms with Gasteiger partial charge in [-0.1, -0.05) is 19.0 Å². The molecule has 0 bridgehead atoms. The average molecular weight is 323 g/mol. The van der Waals surface area contributed by atoms with Crippen LogP contribution in [0.15, 0.2) is 9.52 Å². The minimum absolute atomic E-state index is 0.303. The standard InChI is InChI=1S/C16H29N5O2/c1-12(2)15-19-14(23-20-15)6-5-8-18-16(17-3)21(4)10-13-7-9-22-11-13/h12-13H,5-11H2,1-4H3,(H,17,18). The Bertz CT molecular complexity index is 494. The maximum Gasteiger partial charge on any atom is 0.226 e. The summed E-state index contributed by atoms with van der Waals surface area (Å²) in [6.45, 7) is 7.67. The maximum atomic E-state index is 5.43. The van der Waals surface area contributed by atoms with Gasteiger partial charge >= 0.3 is 0 Å². The monoisotopic (exact) mass is 323 g/mol. The van der Waals surface area contributed by atoms with Gasteiger partial charge in [0.05, 0.1) is 6.61 Å². The molecule has 0 radical (unpaired) electrons. The first-order chi connectivity index (χ1) is 11.1. The largest absolute Gasteiger partial charge is 0.381 e. The third-order valence-corrected chi connectivity index (χ3v) is 3.98. The molecule has 23 heavy (non-hydrogen) atoms. The van der Waals surface area contributed by atoms with Crippen LogP contribution in [0, 0.1) is 5.92 Å². The zero-order valence-electron chi connectivity index (χ0n) is 14.7. The smallest absolute Gasteiger partial charge is 0.226 e. The fourth-order valence-electron chi connectivity index (χ4n) is 2.63. The van der Waals surface area contributed by atoms with Crippen molar-refractivity contribution in [3.05, 3.63) is 11.7 Å². The minimum Gasteiger partial charge on any atom is -0.381 e. The number of aromatic nitrogens is 2. The van der Waals surface area contributed by atoms with Gasteiger partial charge in [0.15, 0.2) is 11.8 Å². The van der Waals surface area contributed by atoms with Gasteiger partial charge in [-0.05, 0) is 12.8 Å². The molecule has 0 amide bonds. The van der Waals surface area contributed by atoms with E-state index in [2.05, 4.69) is 46.2 Å². The second kappa shape index (κ2) is 8.86. The normalized spacial score (nSPS) is 18.7. The van der Waals surface area contributed by atoms with Crippen molar-refractivity contribution in [3.63, 3.8) is 0 Å². The van der Waals surface area contributed by atoms with Gasteiger partial charge in [0.25, 0.3) is 0 Å². The molecule has 1 fully saturated rings. The van der Waals surface area contributed by atoms with Gasteiger partial charge in [0.1, 0.15) is 0 Å². The van der Waals surface area contributed by atoms with Crippen LogP contribution in [0.25, 0.3) is 0 Å². The third kappa shape index (κ3) is 5.49. The van der Waals surface area contributed by atoms with Crippen molar-refractivity contribution < 1.29 is 9.26 Å². The highest BCUT2D eigenvalue weighted by atomic mass is 16.5. The Morgan fingerprint density at radius 2 is 2.30 bits per heavy atom. The molecule has 7 nitrogen and oxygen atoms in total. The first kappa shape index (κ1) is 17.7. The number of nitrogens with one attached hydrogen (secondary N) is 1. The van der Waals surface area contributed by atoms with Gasteiger partial charge < -0.3 is 19.5 Å². The molecule has 7 heteroatoms. The van der Waals surface area contributed by atoms with Crippen LogP contribution in [0.1, 0.15) is 44.3 Å². The summed E-state index contributed by atoms with van der Waals surface area (Å²) in [6, 6.07) is 0. The van der Waals surface area contributed by atoms with Crippen LogP contribution < -0.4 is 5.32 Å². The van der Waals surface area contributed by atoms with Crippen molar-refractivity contribution in [2.75, 3.05) is 40.4 Å². The molecule has 2 heterocycles. The molecule has 0 spiro atoms. The lowest BCUT2D eigenvalue weighted by Gasteiger charge is -2.24. The molecule has 1 atom stereocenters. The first-order valence-corrected chi connectivity index (χ1v) is 8.42. The molecular formula is C16H29N5O2. The maximum absolute atomic E-state index is 5.43. The number of aryl methyl sites for hydroxylation is 1. The second-order valence-electron chi connectivity index (χ2n) is 6.39. The van der Waals surface area contributed by atoms with E-state index >= 15 is 0 Å². The highest BCUT2D eigenvalue weighted by molar-refractivity contribution is 5.79. The summed E-state index contributed by atoms with van der Waals surface area (Å²) < 4.78 is 10.7. The fraction of sp³-hybridized carbons (Fsp3) is 0.812. The number of rotatable bonds is 7. The summed E-state index contributed by atoms with van der Waals surface area (Å²) in [5, 5.41) is 7.37. The summed E-state index contributed by atoms with van der Waals surface area (Å²) in [4.78, 5) is 10.9. The summed E-state index contributed by atoms with van der Waals surface area (Å²) in [7, 11) is 3.89. The average Bonchev–Trinajstić information content (AvgIpc) is 3.18. The van der Waals surface area contributed by atoms with Crippen molar-refractivity contribution in [3.8, 4) is 0 Å². The van der Waals surface area contributed by atoms with Gasteiger partial charge in [-0.15, -0.1) is 0 Å². The topological polar surface area (TPSA) is 75.8 Å². The molecule has 130 valence electrons. The van der Waals surface area contributed by atoms with E-state index in [1.54, 1.807) is 0 Å². The number of ether oxygens (including phenoxy) is 1. The quantitative estimate of drug-likeness (QED) is 0.467. The van der Waals surface area contributed by atoms with Crippen LogP contribution in [-0.4, -0.2) is 61.4 Å². The summed E-state index contributed by atoms with van der Waals surface area (Å²) in [5.74, 6) is 3.32. The molecule has 0 aliphatic carbocycles. The molecule has 1 saturated heterocycles. The van der Waals surface area contributed by atoms with Gasteiger partial charge in [-0.2, -0.15) is 4.98 Å². The molecule has 0 aromatic carbocycles. The van der Waals surface area contributed by atoms with E-state index in [9.17, 15) is 0 Å². The van der Waals surface area contributed by atoms with Crippen molar-refractivity contribution >= 4 is 5.96 Å². The molecule has 1 N–H and O–H groups in total.